The number of nitrogens with zero attached hydrogens (tertiary/aromatic N) is 3. The topological polar surface area (TPSA) is 57.0 Å². The van der Waals surface area contributed by atoms with Crippen LogP contribution in [0.5, 0.6) is 5.75 Å². The minimum atomic E-state index is -0.922. The Hall–Kier alpha value is -1.69. The van der Waals surface area contributed by atoms with Gasteiger partial charge in [0.2, 0.25) is 0 Å². The minimum absolute atomic E-state index is 0.451. The third kappa shape index (κ3) is 3.89. The lowest BCUT2D eigenvalue weighted by atomic mass is 10.2. The molecule has 0 saturated heterocycles. The maximum absolute atomic E-state index is 12.0. The van der Waals surface area contributed by atoms with Crippen molar-refractivity contribution in [2.45, 2.75) is 12.2 Å². The molecule has 0 amide bonds. The van der Waals surface area contributed by atoms with E-state index in [2.05, 4.69) is 10.1 Å². The van der Waals surface area contributed by atoms with E-state index in [1.54, 1.807) is 11.8 Å². The molecule has 0 aliphatic rings. The number of ether oxygens (including phenoxy) is 1. The summed E-state index contributed by atoms with van der Waals surface area (Å²) >= 11 is 0. The monoisotopic (exact) mass is 279 g/mol. The molecule has 0 saturated carbocycles. The van der Waals surface area contributed by atoms with E-state index in [9.17, 15) is 4.21 Å². The van der Waals surface area contributed by atoms with Crippen LogP contribution in [-0.2, 0) is 30.0 Å². The molecule has 0 radical (unpaired) electrons. The number of rotatable bonds is 6. The second kappa shape index (κ2) is 6.47. The molecule has 1 heterocycles. The standard InChI is InChI=1S/C13H17N3O2S/c1-16-13(14-10-15-16)9-19(17)8-7-11-3-5-12(18-2)6-4-11/h3-6,10H,7-9H2,1-2H3/t19-/m0/s1. The number of benzene rings is 1. The lowest BCUT2D eigenvalue weighted by Crippen LogP contribution is -2.08. The summed E-state index contributed by atoms with van der Waals surface area (Å²) < 4.78 is 18.7. The third-order valence-corrected chi connectivity index (χ3v) is 4.11. The van der Waals surface area contributed by atoms with Crippen molar-refractivity contribution in [3.8, 4) is 5.75 Å². The molecule has 1 aromatic carbocycles. The Kier molecular flexibility index (Phi) is 4.68. The van der Waals surface area contributed by atoms with Gasteiger partial charge in [-0.15, -0.1) is 0 Å². The molecule has 2 aromatic rings. The van der Waals surface area contributed by atoms with Crippen LogP contribution >= 0.6 is 0 Å². The number of aromatic nitrogens is 3. The fourth-order valence-electron chi connectivity index (χ4n) is 1.69. The molecule has 2 rings (SSSR count). The Balaban J connectivity index is 1.84. The maximum Gasteiger partial charge on any atom is 0.139 e. The van der Waals surface area contributed by atoms with Gasteiger partial charge in [-0.25, -0.2) is 4.98 Å². The summed E-state index contributed by atoms with van der Waals surface area (Å²) in [7, 11) is 2.53. The van der Waals surface area contributed by atoms with E-state index in [0.29, 0.717) is 11.5 Å². The predicted molar refractivity (Wildman–Crippen MR) is 74.4 cm³/mol. The van der Waals surface area contributed by atoms with Crippen molar-refractivity contribution >= 4 is 10.8 Å². The lowest BCUT2D eigenvalue weighted by molar-refractivity contribution is 0.414. The fraction of sp³-hybridized carbons (Fsp3) is 0.385. The summed E-state index contributed by atoms with van der Waals surface area (Å²) in [4.78, 5) is 4.08. The average Bonchev–Trinajstić information content (AvgIpc) is 2.82. The largest absolute Gasteiger partial charge is 0.497 e. The summed E-state index contributed by atoms with van der Waals surface area (Å²) in [6.07, 6.45) is 2.27. The molecule has 0 bridgehead atoms. The molecule has 1 atom stereocenters. The van der Waals surface area contributed by atoms with Crippen LogP contribution < -0.4 is 4.74 Å². The summed E-state index contributed by atoms with van der Waals surface area (Å²) in [6.45, 7) is 0. The Morgan fingerprint density at radius 1 is 1.32 bits per heavy atom. The summed E-state index contributed by atoms with van der Waals surface area (Å²) in [6, 6.07) is 7.83. The number of methoxy groups -OCH3 is 1. The molecule has 102 valence electrons. The Labute approximate surface area is 115 Å². The van der Waals surface area contributed by atoms with Crippen LogP contribution in [0.3, 0.4) is 0 Å². The SMILES string of the molecule is COc1ccc(CC[S@](=O)Cc2ncnn2C)cc1. The molecule has 0 spiro atoms. The van der Waals surface area contributed by atoms with Crippen LogP contribution in [0.15, 0.2) is 30.6 Å². The first kappa shape index (κ1) is 13.7. The van der Waals surface area contributed by atoms with Crippen LogP contribution in [0.1, 0.15) is 11.4 Å². The molecular weight excluding hydrogens is 262 g/mol. The molecule has 0 fully saturated rings. The van der Waals surface area contributed by atoms with Crippen molar-refractivity contribution in [1.29, 1.82) is 0 Å². The van der Waals surface area contributed by atoms with Crippen LogP contribution in [-0.4, -0.2) is 31.8 Å². The first-order chi connectivity index (χ1) is 9.19. The molecule has 1 aromatic heterocycles. The van der Waals surface area contributed by atoms with Crippen LogP contribution in [0.4, 0.5) is 0 Å². The van der Waals surface area contributed by atoms with Gasteiger partial charge in [-0.05, 0) is 24.1 Å². The average molecular weight is 279 g/mol. The van der Waals surface area contributed by atoms with Gasteiger partial charge in [0.05, 0.1) is 12.9 Å². The maximum atomic E-state index is 12.0. The van der Waals surface area contributed by atoms with Gasteiger partial charge in [-0.3, -0.25) is 8.89 Å². The molecule has 0 N–H and O–H groups in total. The highest BCUT2D eigenvalue weighted by atomic mass is 32.2. The van der Waals surface area contributed by atoms with Gasteiger partial charge in [-0.1, -0.05) is 12.1 Å². The number of hydrogen-bond donors (Lipinski definition) is 0. The van der Waals surface area contributed by atoms with Gasteiger partial charge in [0.15, 0.2) is 0 Å². The second-order valence-corrected chi connectivity index (χ2v) is 5.76. The Bertz CT molecular complexity index is 551. The quantitative estimate of drug-likeness (QED) is 0.800. The normalized spacial score (nSPS) is 12.3. The molecule has 6 heteroatoms. The number of aryl methyl sites for hydroxylation is 2. The van der Waals surface area contributed by atoms with Gasteiger partial charge in [0, 0.05) is 23.6 Å². The van der Waals surface area contributed by atoms with Crippen LogP contribution in [0.25, 0.3) is 0 Å². The third-order valence-electron chi connectivity index (χ3n) is 2.87. The Morgan fingerprint density at radius 2 is 2.05 bits per heavy atom. The van der Waals surface area contributed by atoms with Crippen molar-refractivity contribution < 1.29 is 8.95 Å². The summed E-state index contributed by atoms with van der Waals surface area (Å²) in [5.74, 6) is 2.67. The minimum Gasteiger partial charge on any atom is -0.497 e. The van der Waals surface area contributed by atoms with E-state index in [4.69, 9.17) is 4.74 Å². The zero-order chi connectivity index (χ0) is 13.7. The van der Waals surface area contributed by atoms with E-state index >= 15 is 0 Å². The Morgan fingerprint density at radius 3 is 2.63 bits per heavy atom. The van der Waals surface area contributed by atoms with Gasteiger partial charge >= 0.3 is 0 Å². The predicted octanol–water partition coefficient (Wildman–Crippen LogP) is 1.32. The first-order valence-corrected chi connectivity index (χ1v) is 7.48. The second-order valence-electron chi connectivity index (χ2n) is 4.19. The van der Waals surface area contributed by atoms with Crippen LogP contribution in [0, 0.1) is 0 Å². The van der Waals surface area contributed by atoms with Gasteiger partial charge in [0.25, 0.3) is 0 Å². The van der Waals surface area contributed by atoms with Crippen molar-refractivity contribution in [2.75, 3.05) is 12.9 Å². The molecule has 0 aliphatic carbocycles. The smallest absolute Gasteiger partial charge is 0.139 e. The highest BCUT2D eigenvalue weighted by molar-refractivity contribution is 7.84. The van der Waals surface area contributed by atoms with Crippen molar-refractivity contribution in [3.05, 3.63) is 42.0 Å². The van der Waals surface area contributed by atoms with Gasteiger partial charge in [0.1, 0.15) is 17.9 Å². The number of hydrogen-bond acceptors (Lipinski definition) is 4. The van der Waals surface area contributed by atoms with E-state index in [1.807, 2.05) is 31.3 Å². The van der Waals surface area contributed by atoms with Crippen LogP contribution in [0.2, 0.25) is 0 Å². The highest BCUT2D eigenvalue weighted by Crippen LogP contribution is 2.12. The van der Waals surface area contributed by atoms with Gasteiger partial charge < -0.3 is 4.74 Å². The lowest BCUT2D eigenvalue weighted by Gasteiger charge is -2.04. The van der Waals surface area contributed by atoms with E-state index in [1.165, 1.54) is 6.33 Å². The molecular formula is C13H17N3O2S. The fourth-order valence-corrected chi connectivity index (χ4v) is 2.85. The summed E-state index contributed by atoms with van der Waals surface area (Å²) in [5.41, 5.74) is 1.16. The molecule has 19 heavy (non-hydrogen) atoms. The first-order valence-electron chi connectivity index (χ1n) is 6.00. The van der Waals surface area contributed by atoms with Gasteiger partial charge in [-0.2, -0.15) is 5.10 Å². The molecule has 0 aliphatic heterocycles. The van der Waals surface area contributed by atoms with E-state index in [0.717, 1.165) is 23.6 Å². The molecule has 5 nitrogen and oxygen atoms in total. The highest BCUT2D eigenvalue weighted by Gasteiger charge is 2.07. The zero-order valence-corrected chi connectivity index (χ0v) is 11.9. The van der Waals surface area contributed by atoms with Crippen molar-refractivity contribution in [2.24, 2.45) is 7.05 Å². The van der Waals surface area contributed by atoms with E-state index in [-0.39, 0.29) is 0 Å². The summed E-state index contributed by atoms with van der Waals surface area (Å²) in [5, 5.41) is 3.96. The molecule has 0 unspecified atom stereocenters. The van der Waals surface area contributed by atoms with E-state index < -0.39 is 10.8 Å². The van der Waals surface area contributed by atoms with Crippen molar-refractivity contribution in [1.82, 2.24) is 14.8 Å². The van der Waals surface area contributed by atoms with Crippen molar-refractivity contribution in [3.63, 3.8) is 0 Å². The zero-order valence-electron chi connectivity index (χ0n) is 11.1.